The van der Waals surface area contributed by atoms with Crippen LogP contribution in [0.25, 0.3) is 0 Å². The summed E-state index contributed by atoms with van der Waals surface area (Å²) in [5, 5.41) is 11.7. The van der Waals surface area contributed by atoms with E-state index < -0.39 is 24.1 Å². The van der Waals surface area contributed by atoms with Gasteiger partial charge in [0.05, 0.1) is 7.11 Å². The van der Waals surface area contributed by atoms with E-state index in [4.69, 9.17) is 0 Å². The van der Waals surface area contributed by atoms with E-state index in [0.717, 1.165) is 6.42 Å². The maximum Gasteiger partial charge on any atom is 0.407 e. The zero-order valence-corrected chi connectivity index (χ0v) is 11.8. The number of piperidine rings is 1. The Morgan fingerprint density at radius 1 is 1.30 bits per heavy atom. The third-order valence-corrected chi connectivity index (χ3v) is 4.04. The van der Waals surface area contributed by atoms with E-state index in [1.807, 2.05) is 0 Å². The molecular weight excluding hydrogens is 264 g/mol. The second kappa shape index (κ2) is 5.30. The molecule has 1 saturated heterocycles. The third kappa shape index (κ3) is 2.57. The average molecular weight is 284 g/mol. The molecule has 2 fully saturated rings. The molecule has 20 heavy (non-hydrogen) atoms. The van der Waals surface area contributed by atoms with Crippen LogP contribution in [0.5, 0.6) is 0 Å². The lowest BCUT2D eigenvalue weighted by Gasteiger charge is -2.30. The Hall–Kier alpha value is -1.79. The minimum absolute atomic E-state index is 0.0179. The molecule has 2 N–H and O–H groups in total. The molecule has 2 aliphatic rings. The summed E-state index contributed by atoms with van der Waals surface area (Å²) in [6, 6.07) is -1.51. The van der Waals surface area contributed by atoms with Crippen molar-refractivity contribution in [1.29, 1.82) is 0 Å². The van der Waals surface area contributed by atoms with Gasteiger partial charge in [-0.2, -0.15) is 0 Å². The zero-order chi connectivity index (χ0) is 15.0. The molecule has 1 saturated carbocycles. The molecule has 2 rings (SSSR count). The fourth-order valence-corrected chi connectivity index (χ4v) is 2.85. The van der Waals surface area contributed by atoms with Crippen LogP contribution in [0.2, 0.25) is 0 Å². The van der Waals surface area contributed by atoms with Crippen molar-refractivity contribution in [2.45, 2.75) is 44.8 Å². The van der Waals surface area contributed by atoms with Crippen LogP contribution in [0.15, 0.2) is 0 Å². The predicted octanol–water partition coefficient (Wildman–Crippen LogP) is 0.441. The van der Waals surface area contributed by atoms with Gasteiger partial charge in [0, 0.05) is 6.04 Å². The average Bonchev–Trinajstić information content (AvgIpc) is 3.05. The summed E-state index contributed by atoms with van der Waals surface area (Å²) in [6.07, 6.45) is 0.684. The van der Waals surface area contributed by atoms with E-state index in [2.05, 4.69) is 10.1 Å². The van der Waals surface area contributed by atoms with Crippen LogP contribution < -0.4 is 5.32 Å². The number of rotatable bonds is 4. The lowest BCUT2D eigenvalue weighted by atomic mass is 10.0. The maximum atomic E-state index is 12.6. The molecule has 0 spiro atoms. The van der Waals surface area contributed by atoms with Gasteiger partial charge in [-0.15, -0.1) is 0 Å². The van der Waals surface area contributed by atoms with Crippen molar-refractivity contribution in [3.8, 4) is 0 Å². The number of hydrogen-bond acceptors (Lipinski definition) is 4. The molecule has 112 valence electrons. The molecule has 1 aliphatic heterocycles. The van der Waals surface area contributed by atoms with Gasteiger partial charge in [-0.1, -0.05) is 13.8 Å². The number of ether oxygens (including phenoxy) is 1. The van der Waals surface area contributed by atoms with E-state index in [9.17, 15) is 19.5 Å². The lowest BCUT2D eigenvalue weighted by Crippen LogP contribution is -2.54. The minimum atomic E-state index is -0.980. The molecule has 1 heterocycles. The van der Waals surface area contributed by atoms with Crippen molar-refractivity contribution in [3.63, 3.8) is 0 Å². The number of nitrogens with zero attached hydrogens (tertiary/aromatic N) is 1. The summed E-state index contributed by atoms with van der Waals surface area (Å²) >= 11 is 0. The Morgan fingerprint density at radius 2 is 1.95 bits per heavy atom. The molecule has 1 aliphatic carbocycles. The first-order valence-corrected chi connectivity index (χ1v) is 6.76. The molecule has 0 bridgehead atoms. The topological polar surface area (TPSA) is 95.9 Å². The molecule has 4 unspecified atom stereocenters. The zero-order valence-electron chi connectivity index (χ0n) is 11.8. The van der Waals surface area contributed by atoms with Crippen LogP contribution in [0.4, 0.5) is 4.79 Å². The first kappa shape index (κ1) is 14.6. The minimum Gasteiger partial charge on any atom is -0.480 e. The largest absolute Gasteiger partial charge is 0.480 e. The van der Waals surface area contributed by atoms with Crippen molar-refractivity contribution < 1.29 is 24.2 Å². The Bertz CT molecular complexity index is 436. The van der Waals surface area contributed by atoms with Crippen LogP contribution in [0.1, 0.15) is 26.7 Å². The number of methoxy groups -OCH3 is 1. The van der Waals surface area contributed by atoms with Gasteiger partial charge in [0.2, 0.25) is 5.91 Å². The lowest BCUT2D eigenvalue weighted by molar-refractivity contribution is -0.150. The smallest absolute Gasteiger partial charge is 0.407 e. The van der Waals surface area contributed by atoms with Gasteiger partial charge in [-0.25, -0.2) is 9.59 Å². The Balaban J connectivity index is 2.14. The van der Waals surface area contributed by atoms with E-state index in [1.165, 1.54) is 12.0 Å². The molecule has 0 aromatic rings. The molecule has 2 amide bonds. The Kier molecular flexibility index (Phi) is 3.87. The highest BCUT2D eigenvalue weighted by Crippen LogP contribution is 2.48. The number of alkyl carbamates (subject to hydrolysis) is 1. The summed E-state index contributed by atoms with van der Waals surface area (Å²) < 4.78 is 4.52. The van der Waals surface area contributed by atoms with Crippen molar-refractivity contribution in [2.24, 2.45) is 11.8 Å². The highest BCUT2D eigenvalue weighted by atomic mass is 16.5. The van der Waals surface area contributed by atoms with Crippen LogP contribution in [-0.2, 0) is 14.3 Å². The van der Waals surface area contributed by atoms with Gasteiger partial charge in [0.25, 0.3) is 0 Å². The highest BCUT2D eigenvalue weighted by Gasteiger charge is 2.57. The van der Waals surface area contributed by atoms with Gasteiger partial charge < -0.3 is 20.1 Å². The number of fused-ring (bicyclic) bond motifs is 1. The van der Waals surface area contributed by atoms with Gasteiger partial charge in [-0.05, 0) is 24.7 Å². The van der Waals surface area contributed by atoms with Crippen LogP contribution in [-0.4, -0.2) is 53.2 Å². The summed E-state index contributed by atoms with van der Waals surface area (Å²) in [4.78, 5) is 36.6. The number of carbonyl (C=O) groups excluding carboxylic acids is 2. The van der Waals surface area contributed by atoms with Crippen molar-refractivity contribution in [2.75, 3.05) is 7.11 Å². The van der Waals surface area contributed by atoms with E-state index in [-0.39, 0.29) is 17.9 Å². The summed E-state index contributed by atoms with van der Waals surface area (Å²) in [6.45, 7) is 3.60. The standard InChI is InChI=1S/C13H20N2O5/c1-6(2)10(14-13(19)20-3)11(16)15-8-4-7(8)5-9(15)12(17)18/h6-10H,4-5H2,1-3H3,(H,14,19)(H,17,18). The summed E-state index contributed by atoms with van der Waals surface area (Å²) in [5.74, 6) is -1.16. The van der Waals surface area contributed by atoms with E-state index >= 15 is 0 Å². The molecule has 7 heteroatoms. The molecule has 4 atom stereocenters. The fourth-order valence-electron chi connectivity index (χ4n) is 2.85. The SMILES string of the molecule is COC(=O)NC(C(=O)N1C(C(=O)O)CC2CC21)C(C)C. The van der Waals surface area contributed by atoms with Crippen LogP contribution in [0.3, 0.4) is 0 Å². The third-order valence-electron chi connectivity index (χ3n) is 4.04. The Morgan fingerprint density at radius 3 is 2.45 bits per heavy atom. The van der Waals surface area contributed by atoms with Gasteiger partial charge in [-0.3, -0.25) is 4.79 Å². The Labute approximate surface area is 117 Å². The first-order chi connectivity index (χ1) is 9.36. The quantitative estimate of drug-likeness (QED) is 0.781. The second-order valence-electron chi connectivity index (χ2n) is 5.76. The fraction of sp³-hybridized carbons (Fsp3) is 0.769. The van der Waals surface area contributed by atoms with Crippen molar-refractivity contribution in [3.05, 3.63) is 0 Å². The first-order valence-electron chi connectivity index (χ1n) is 6.76. The number of carboxylic acid groups (broad SMARTS) is 1. The number of hydrogen-bond donors (Lipinski definition) is 2. The maximum absolute atomic E-state index is 12.6. The van der Waals surface area contributed by atoms with E-state index in [0.29, 0.717) is 12.3 Å². The second-order valence-corrected chi connectivity index (χ2v) is 5.76. The molecule has 7 nitrogen and oxygen atoms in total. The summed E-state index contributed by atoms with van der Waals surface area (Å²) in [7, 11) is 1.23. The number of amides is 2. The monoisotopic (exact) mass is 284 g/mol. The normalized spacial score (nSPS) is 28.8. The van der Waals surface area contributed by atoms with Gasteiger partial charge in [0.1, 0.15) is 12.1 Å². The number of nitrogens with one attached hydrogen (secondary N) is 1. The number of likely N-dealkylation sites (tertiary alicyclic amines) is 1. The van der Waals surface area contributed by atoms with Crippen molar-refractivity contribution >= 4 is 18.0 Å². The molecule has 0 aromatic heterocycles. The number of carbonyl (C=O) groups is 3. The molecular formula is C13H20N2O5. The molecule has 0 radical (unpaired) electrons. The highest BCUT2D eigenvalue weighted by molar-refractivity contribution is 5.90. The van der Waals surface area contributed by atoms with E-state index in [1.54, 1.807) is 13.8 Å². The van der Waals surface area contributed by atoms with Crippen molar-refractivity contribution in [1.82, 2.24) is 10.2 Å². The van der Waals surface area contributed by atoms with Crippen LogP contribution in [0, 0.1) is 11.8 Å². The van der Waals surface area contributed by atoms with Gasteiger partial charge >= 0.3 is 12.1 Å². The number of carboxylic acids is 1. The van der Waals surface area contributed by atoms with Crippen LogP contribution >= 0.6 is 0 Å². The number of aliphatic carboxylic acids is 1. The van der Waals surface area contributed by atoms with Gasteiger partial charge in [0.15, 0.2) is 0 Å². The predicted molar refractivity (Wildman–Crippen MR) is 68.9 cm³/mol. The summed E-state index contributed by atoms with van der Waals surface area (Å²) in [5.41, 5.74) is 0. The molecule has 0 aromatic carbocycles.